The number of alkyl halides is 3. The second kappa shape index (κ2) is 8.91. The van der Waals surface area contributed by atoms with E-state index in [-0.39, 0.29) is 18.0 Å². The highest BCUT2D eigenvalue weighted by Crippen LogP contribution is 2.34. The van der Waals surface area contributed by atoms with Crippen molar-refractivity contribution in [2.24, 2.45) is 0 Å². The van der Waals surface area contributed by atoms with Crippen molar-refractivity contribution in [1.82, 2.24) is 10.3 Å². The summed E-state index contributed by atoms with van der Waals surface area (Å²) in [4.78, 5) is 18.6. The zero-order valence-corrected chi connectivity index (χ0v) is 18.4. The first-order chi connectivity index (χ1) is 15.2. The highest BCUT2D eigenvalue weighted by molar-refractivity contribution is 7.16. The predicted molar refractivity (Wildman–Crippen MR) is 123 cm³/mol. The molecule has 1 aliphatic heterocycles. The minimum Gasteiger partial charge on any atom is -0.368 e. The van der Waals surface area contributed by atoms with Crippen LogP contribution in [0.25, 0.3) is 16.3 Å². The van der Waals surface area contributed by atoms with Gasteiger partial charge in [-0.25, -0.2) is 4.98 Å². The summed E-state index contributed by atoms with van der Waals surface area (Å²) >= 11 is 1.48. The molecule has 0 saturated carbocycles. The van der Waals surface area contributed by atoms with Crippen LogP contribution < -0.4 is 15.5 Å². The van der Waals surface area contributed by atoms with Gasteiger partial charge in [-0.15, -0.1) is 11.3 Å². The second-order valence-corrected chi connectivity index (χ2v) is 8.89. The summed E-state index contributed by atoms with van der Waals surface area (Å²) in [6, 6.07) is 9.33. The van der Waals surface area contributed by atoms with Gasteiger partial charge >= 0.3 is 6.18 Å². The molecule has 0 spiro atoms. The van der Waals surface area contributed by atoms with Crippen molar-refractivity contribution < 1.29 is 18.0 Å². The predicted octanol–water partition coefficient (Wildman–Crippen LogP) is 5.15. The van der Waals surface area contributed by atoms with Gasteiger partial charge in [0, 0.05) is 42.6 Å². The molecule has 1 aliphatic rings. The number of amides is 1. The molecule has 1 amide bonds. The van der Waals surface area contributed by atoms with Gasteiger partial charge in [-0.05, 0) is 55.8 Å². The Kier molecular flexibility index (Phi) is 6.21. The molecule has 1 aromatic heterocycles. The van der Waals surface area contributed by atoms with Crippen molar-refractivity contribution in [3.05, 3.63) is 59.1 Å². The molecule has 168 valence electrons. The van der Waals surface area contributed by atoms with Crippen LogP contribution in [-0.2, 0) is 11.0 Å². The third-order valence-corrected chi connectivity index (χ3v) is 6.06. The molecule has 9 heteroatoms. The van der Waals surface area contributed by atoms with E-state index >= 15 is 0 Å². The Labute approximate surface area is 188 Å². The summed E-state index contributed by atoms with van der Waals surface area (Å²) < 4.78 is 41.0. The van der Waals surface area contributed by atoms with Crippen molar-refractivity contribution in [3.8, 4) is 0 Å². The van der Waals surface area contributed by atoms with Crippen LogP contribution >= 0.6 is 11.3 Å². The fraction of sp³-hybridized carbons (Fsp3) is 0.304. The molecule has 0 bridgehead atoms. The molecule has 2 aromatic carbocycles. The Bertz CT molecular complexity index is 1150. The van der Waals surface area contributed by atoms with Crippen LogP contribution in [0.4, 0.5) is 24.5 Å². The Morgan fingerprint density at radius 3 is 2.66 bits per heavy atom. The van der Waals surface area contributed by atoms with E-state index in [1.807, 2.05) is 30.9 Å². The third kappa shape index (κ3) is 5.11. The number of piperazine rings is 1. The smallest absolute Gasteiger partial charge is 0.368 e. The number of halogens is 3. The van der Waals surface area contributed by atoms with Crippen molar-refractivity contribution in [1.29, 1.82) is 0 Å². The maximum Gasteiger partial charge on any atom is 0.416 e. The molecule has 5 nitrogen and oxygen atoms in total. The summed E-state index contributed by atoms with van der Waals surface area (Å²) in [6.07, 6.45) is -1.53. The number of thiazole rings is 1. The van der Waals surface area contributed by atoms with Crippen LogP contribution in [0.5, 0.6) is 0 Å². The average Bonchev–Trinajstić information content (AvgIpc) is 3.18. The van der Waals surface area contributed by atoms with Gasteiger partial charge in [0.15, 0.2) is 0 Å². The topological polar surface area (TPSA) is 57.3 Å². The van der Waals surface area contributed by atoms with Crippen molar-refractivity contribution in [2.45, 2.75) is 32.1 Å². The first-order valence-electron chi connectivity index (χ1n) is 10.2. The number of carbonyl (C=O) groups is 1. The minimum absolute atomic E-state index is 0.134. The van der Waals surface area contributed by atoms with Crippen molar-refractivity contribution in [2.75, 3.05) is 23.3 Å². The number of rotatable bonds is 4. The zero-order chi connectivity index (χ0) is 22.9. The van der Waals surface area contributed by atoms with Crippen molar-refractivity contribution in [3.63, 3.8) is 0 Å². The first kappa shape index (κ1) is 22.3. The van der Waals surface area contributed by atoms with E-state index in [1.54, 1.807) is 17.7 Å². The van der Waals surface area contributed by atoms with Crippen molar-refractivity contribution >= 4 is 44.9 Å². The van der Waals surface area contributed by atoms with Crippen LogP contribution in [0.1, 0.15) is 25.0 Å². The quantitative estimate of drug-likeness (QED) is 0.529. The lowest BCUT2D eigenvalue weighted by molar-refractivity contribution is -0.137. The van der Waals surface area contributed by atoms with E-state index in [0.29, 0.717) is 30.0 Å². The number of nitrogens with zero attached hydrogens (tertiary/aromatic N) is 2. The van der Waals surface area contributed by atoms with E-state index in [2.05, 4.69) is 15.6 Å². The Balaban J connectivity index is 1.58. The molecule has 2 atom stereocenters. The van der Waals surface area contributed by atoms with Crippen LogP contribution in [0.3, 0.4) is 0 Å². The monoisotopic (exact) mass is 460 g/mol. The molecule has 3 aromatic rings. The maximum atomic E-state index is 13.3. The van der Waals surface area contributed by atoms with Crippen LogP contribution in [0.15, 0.2) is 48.0 Å². The first-order valence-corrected chi connectivity index (χ1v) is 11.1. The van der Waals surface area contributed by atoms with Gasteiger partial charge in [-0.2, -0.15) is 13.2 Å². The Hall–Kier alpha value is -2.91. The number of anilines is 2. The summed E-state index contributed by atoms with van der Waals surface area (Å²) in [5.74, 6) is -0.359. The largest absolute Gasteiger partial charge is 0.416 e. The van der Waals surface area contributed by atoms with E-state index in [0.717, 1.165) is 16.3 Å². The lowest BCUT2D eigenvalue weighted by atomic mass is 10.0. The molecular formula is C23H23F3N4OS. The average molecular weight is 461 g/mol. The molecule has 1 fully saturated rings. The number of benzene rings is 2. The van der Waals surface area contributed by atoms with Crippen LogP contribution in [-0.4, -0.2) is 36.1 Å². The molecule has 2 N–H and O–H groups in total. The lowest BCUT2D eigenvalue weighted by Crippen LogP contribution is -2.54. The normalized spacial score (nSPS) is 19.6. The minimum atomic E-state index is -4.44. The maximum absolute atomic E-state index is 13.3. The zero-order valence-electron chi connectivity index (χ0n) is 17.6. The van der Waals surface area contributed by atoms with Gasteiger partial charge in [-0.1, -0.05) is 6.07 Å². The summed E-state index contributed by atoms with van der Waals surface area (Å²) in [5, 5.41) is 6.17. The number of hydrogen-bond donors (Lipinski definition) is 2. The molecule has 0 radical (unpaired) electrons. The second-order valence-electron chi connectivity index (χ2n) is 8.00. The molecule has 32 heavy (non-hydrogen) atoms. The van der Waals surface area contributed by atoms with Gasteiger partial charge in [0.05, 0.1) is 21.3 Å². The number of fused-ring (bicyclic) bond motifs is 1. The molecule has 1 saturated heterocycles. The van der Waals surface area contributed by atoms with E-state index < -0.39 is 11.7 Å². The number of nitrogens with one attached hydrogen (secondary N) is 2. The van der Waals surface area contributed by atoms with E-state index in [9.17, 15) is 18.0 Å². The summed E-state index contributed by atoms with van der Waals surface area (Å²) in [6.45, 7) is 5.15. The number of hydrogen-bond acceptors (Lipinski definition) is 5. The van der Waals surface area contributed by atoms with Crippen LogP contribution in [0, 0.1) is 0 Å². The summed E-state index contributed by atoms with van der Waals surface area (Å²) in [5.41, 5.74) is 3.56. The number of aromatic nitrogens is 1. The van der Waals surface area contributed by atoms with Crippen LogP contribution in [0.2, 0.25) is 0 Å². The van der Waals surface area contributed by atoms with E-state index in [4.69, 9.17) is 0 Å². The summed E-state index contributed by atoms with van der Waals surface area (Å²) in [7, 11) is 0. The highest BCUT2D eigenvalue weighted by atomic mass is 32.1. The fourth-order valence-corrected chi connectivity index (χ4v) is 4.66. The molecule has 0 aliphatic carbocycles. The fourth-order valence-electron chi connectivity index (χ4n) is 3.94. The van der Waals surface area contributed by atoms with E-state index in [1.165, 1.54) is 29.5 Å². The highest BCUT2D eigenvalue weighted by Gasteiger charge is 2.32. The lowest BCUT2D eigenvalue weighted by Gasteiger charge is -2.38. The molecule has 2 heterocycles. The third-order valence-electron chi connectivity index (χ3n) is 5.27. The molecular weight excluding hydrogens is 437 g/mol. The van der Waals surface area contributed by atoms with Gasteiger partial charge in [0.25, 0.3) is 0 Å². The number of carbonyl (C=O) groups excluding carboxylic acids is 1. The van der Waals surface area contributed by atoms with Gasteiger partial charge in [-0.3, -0.25) is 4.79 Å². The standard InChI is InChI=1S/C23H23F3N4OS/c1-14-11-30(12-15(2)28-14)20-9-17(23(24,25)26)5-3-16(20)4-8-22(31)29-18-6-7-19-21(10-18)32-13-27-19/h3-10,13-15,28H,11-12H2,1-2H3,(H,29,31)/b8-4+. The Morgan fingerprint density at radius 1 is 1.19 bits per heavy atom. The molecule has 4 rings (SSSR count). The Morgan fingerprint density at radius 2 is 1.94 bits per heavy atom. The SMILES string of the molecule is CC1CN(c2cc(C(F)(F)F)ccc2/C=C/C(=O)Nc2ccc3ncsc3c2)CC(C)N1. The molecule has 2 unspecified atom stereocenters. The van der Waals surface area contributed by atoms with Gasteiger partial charge in [0.2, 0.25) is 5.91 Å². The van der Waals surface area contributed by atoms with Gasteiger partial charge in [0.1, 0.15) is 0 Å². The van der Waals surface area contributed by atoms with Gasteiger partial charge < -0.3 is 15.5 Å².